The van der Waals surface area contributed by atoms with Gasteiger partial charge in [0.25, 0.3) is 0 Å². The molecule has 2 aromatic carbocycles. The van der Waals surface area contributed by atoms with Crippen LogP contribution in [-0.4, -0.2) is 17.2 Å². The third-order valence-corrected chi connectivity index (χ3v) is 4.54. The van der Waals surface area contributed by atoms with Crippen molar-refractivity contribution in [3.8, 4) is 0 Å². The van der Waals surface area contributed by atoms with E-state index in [1.54, 1.807) is 24.3 Å². The number of aliphatic hydroxyl groups excluding tert-OH is 1. The van der Waals surface area contributed by atoms with Crippen LogP contribution in [0.1, 0.15) is 48.8 Å². The Bertz CT molecular complexity index is 624. The van der Waals surface area contributed by atoms with Crippen LogP contribution in [0.2, 0.25) is 0 Å². The molecule has 1 aliphatic carbocycles. The van der Waals surface area contributed by atoms with Gasteiger partial charge in [0.2, 0.25) is 0 Å². The van der Waals surface area contributed by atoms with E-state index in [2.05, 4.69) is 12.1 Å². The molecule has 3 rings (SSSR count). The molecule has 0 aromatic heterocycles. The molecule has 1 N–H and O–H groups in total. The van der Waals surface area contributed by atoms with E-state index < -0.39 is 12.1 Å². The largest absolute Gasteiger partial charge is 0.460 e. The maximum absolute atomic E-state index is 12.3. The van der Waals surface area contributed by atoms with Crippen molar-refractivity contribution in [2.24, 2.45) is 0 Å². The minimum atomic E-state index is -1.21. The van der Waals surface area contributed by atoms with Gasteiger partial charge in [-0.25, -0.2) is 4.79 Å². The summed E-state index contributed by atoms with van der Waals surface area (Å²) in [7, 11) is 0. The normalized spacial score (nSPS) is 22.3. The summed E-state index contributed by atoms with van der Waals surface area (Å²) in [6.45, 7) is 0. The Balaban J connectivity index is 1.71. The average Bonchev–Trinajstić information content (AvgIpc) is 2.63. The molecular formula is C20H22O3. The number of benzene rings is 2. The summed E-state index contributed by atoms with van der Waals surface area (Å²) in [5, 5.41) is 10.2. The molecule has 23 heavy (non-hydrogen) atoms. The number of esters is 1. The Morgan fingerprint density at radius 1 is 0.957 bits per heavy atom. The van der Waals surface area contributed by atoms with Crippen molar-refractivity contribution < 1.29 is 14.6 Å². The first-order valence-electron chi connectivity index (χ1n) is 8.24. The van der Waals surface area contributed by atoms with Crippen molar-refractivity contribution in [1.82, 2.24) is 0 Å². The molecule has 0 radical (unpaired) electrons. The lowest BCUT2D eigenvalue weighted by Gasteiger charge is -2.32. The van der Waals surface area contributed by atoms with Crippen LogP contribution in [-0.2, 0) is 9.53 Å². The van der Waals surface area contributed by atoms with E-state index in [0.29, 0.717) is 5.56 Å². The van der Waals surface area contributed by atoms with Crippen LogP contribution >= 0.6 is 0 Å². The van der Waals surface area contributed by atoms with Crippen molar-refractivity contribution in [2.75, 3.05) is 0 Å². The molecule has 3 atom stereocenters. The Morgan fingerprint density at radius 2 is 1.57 bits per heavy atom. The highest BCUT2D eigenvalue weighted by Gasteiger charge is 2.31. The van der Waals surface area contributed by atoms with Gasteiger partial charge in [-0.1, -0.05) is 67.1 Å². The molecule has 1 aliphatic rings. The highest BCUT2D eigenvalue weighted by atomic mass is 16.6. The smallest absolute Gasteiger partial charge is 0.339 e. The molecule has 0 heterocycles. The summed E-state index contributed by atoms with van der Waals surface area (Å²) in [6, 6.07) is 19.1. The van der Waals surface area contributed by atoms with Crippen molar-refractivity contribution in [1.29, 1.82) is 0 Å². The van der Waals surface area contributed by atoms with Crippen LogP contribution in [0.5, 0.6) is 0 Å². The van der Waals surface area contributed by atoms with Crippen LogP contribution < -0.4 is 0 Å². The molecule has 0 saturated heterocycles. The molecule has 0 spiro atoms. The van der Waals surface area contributed by atoms with Gasteiger partial charge in [0.05, 0.1) is 0 Å². The second kappa shape index (κ2) is 7.42. The van der Waals surface area contributed by atoms with E-state index in [9.17, 15) is 9.90 Å². The first kappa shape index (κ1) is 15.8. The standard InChI is InChI=1S/C20H22O3/c21-19(16-11-5-2-6-12-16)20(22)23-18-14-8-7-13-17(18)15-9-3-1-4-10-15/h1-6,9-12,17-19,21H,7-8,13-14H2/t17-,18+,19?/m1/s1. The van der Waals surface area contributed by atoms with Gasteiger partial charge in [-0.15, -0.1) is 0 Å². The van der Waals surface area contributed by atoms with Crippen LogP contribution in [0.4, 0.5) is 0 Å². The fourth-order valence-corrected chi connectivity index (χ4v) is 3.30. The number of ether oxygens (including phenoxy) is 1. The van der Waals surface area contributed by atoms with Crippen molar-refractivity contribution in [3.63, 3.8) is 0 Å². The van der Waals surface area contributed by atoms with E-state index in [1.807, 2.05) is 24.3 Å². The monoisotopic (exact) mass is 310 g/mol. The highest BCUT2D eigenvalue weighted by molar-refractivity contribution is 5.76. The maximum Gasteiger partial charge on any atom is 0.339 e. The fraction of sp³-hybridized carbons (Fsp3) is 0.350. The second-order valence-electron chi connectivity index (χ2n) is 6.09. The lowest BCUT2D eigenvalue weighted by Crippen LogP contribution is -2.30. The summed E-state index contributed by atoms with van der Waals surface area (Å²) in [5.74, 6) is -0.332. The molecule has 3 heteroatoms. The topological polar surface area (TPSA) is 46.5 Å². The number of hydrogen-bond acceptors (Lipinski definition) is 3. The second-order valence-corrected chi connectivity index (χ2v) is 6.09. The molecule has 0 amide bonds. The quantitative estimate of drug-likeness (QED) is 0.869. The van der Waals surface area contributed by atoms with Gasteiger partial charge in [-0.2, -0.15) is 0 Å². The minimum Gasteiger partial charge on any atom is -0.460 e. The zero-order chi connectivity index (χ0) is 16.1. The summed E-state index contributed by atoms with van der Waals surface area (Å²) in [4.78, 5) is 12.3. The fourth-order valence-electron chi connectivity index (χ4n) is 3.30. The van der Waals surface area contributed by atoms with E-state index in [0.717, 1.165) is 25.7 Å². The summed E-state index contributed by atoms with van der Waals surface area (Å²) >= 11 is 0. The number of aliphatic hydroxyl groups is 1. The Kier molecular flexibility index (Phi) is 5.09. The van der Waals surface area contributed by atoms with Crippen molar-refractivity contribution >= 4 is 5.97 Å². The number of carbonyl (C=O) groups excluding carboxylic acids is 1. The third kappa shape index (κ3) is 3.80. The highest BCUT2D eigenvalue weighted by Crippen LogP contribution is 2.35. The van der Waals surface area contributed by atoms with Gasteiger partial charge in [-0.05, 0) is 30.4 Å². The van der Waals surface area contributed by atoms with Crippen LogP contribution in [0.15, 0.2) is 60.7 Å². The summed E-state index contributed by atoms with van der Waals surface area (Å²) in [6.07, 6.45) is 2.71. The van der Waals surface area contributed by atoms with Crippen molar-refractivity contribution in [3.05, 3.63) is 71.8 Å². The summed E-state index contributed by atoms with van der Waals surface area (Å²) in [5.41, 5.74) is 1.78. The Hall–Kier alpha value is -2.13. The number of carbonyl (C=O) groups is 1. The molecule has 1 unspecified atom stereocenters. The molecular weight excluding hydrogens is 288 g/mol. The minimum absolute atomic E-state index is 0.156. The zero-order valence-corrected chi connectivity index (χ0v) is 13.1. The molecule has 0 bridgehead atoms. The zero-order valence-electron chi connectivity index (χ0n) is 13.1. The maximum atomic E-state index is 12.3. The molecule has 0 aliphatic heterocycles. The van der Waals surface area contributed by atoms with E-state index >= 15 is 0 Å². The predicted molar refractivity (Wildman–Crippen MR) is 88.9 cm³/mol. The molecule has 1 saturated carbocycles. The van der Waals surface area contributed by atoms with Gasteiger partial charge in [0.1, 0.15) is 6.10 Å². The Labute approximate surface area is 136 Å². The van der Waals surface area contributed by atoms with Crippen LogP contribution in [0.25, 0.3) is 0 Å². The van der Waals surface area contributed by atoms with Gasteiger partial charge in [0.15, 0.2) is 6.10 Å². The molecule has 3 nitrogen and oxygen atoms in total. The van der Waals surface area contributed by atoms with Gasteiger partial charge < -0.3 is 9.84 Å². The van der Waals surface area contributed by atoms with Gasteiger partial charge in [-0.3, -0.25) is 0 Å². The van der Waals surface area contributed by atoms with Crippen molar-refractivity contribution in [2.45, 2.75) is 43.8 Å². The van der Waals surface area contributed by atoms with Crippen LogP contribution in [0.3, 0.4) is 0 Å². The SMILES string of the molecule is O=C(O[C@H]1CCCC[C@@H]1c1ccccc1)C(O)c1ccccc1. The van der Waals surface area contributed by atoms with Crippen LogP contribution in [0, 0.1) is 0 Å². The van der Waals surface area contributed by atoms with E-state index in [1.165, 1.54) is 5.56 Å². The van der Waals surface area contributed by atoms with E-state index in [-0.39, 0.29) is 12.0 Å². The van der Waals surface area contributed by atoms with Gasteiger partial charge in [0, 0.05) is 5.92 Å². The lowest BCUT2D eigenvalue weighted by molar-refractivity contribution is -0.162. The predicted octanol–water partition coefficient (Wildman–Crippen LogP) is 3.99. The Morgan fingerprint density at radius 3 is 2.26 bits per heavy atom. The first-order valence-corrected chi connectivity index (χ1v) is 8.24. The average molecular weight is 310 g/mol. The molecule has 120 valence electrons. The number of hydrogen-bond donors (Lipinski definition) is 1. The third-order valence-electron chi connectivity index (χ3n) is 4.54. The summed E-state index contributed by atoms with van der Waals surface area (Å²) < 4.78 is 5.69. The van der Waals surface area contributed by atoms with Gasteiger partial charge >= 0.3 is 5.97 Å². The molecule has 2 aromatic rings. The molecule has 1 fully saturated rings. The lowest BCUT2D eigenvalue weighted by atomic mass is 9.81. The first-order chi connectivity index (χ1) is 11.3. The van der Waals surface area contributed by atoms with E-state index in [4.69, 9.17) is 4.74 Å². The number of rotatable bonds is 4.